The molecular formula is C22H26O6. The predicted octanol–water partition coefficient (Wildman–Crippen LogP) is 2.25. The monoisotopic (exact) mass is 386 g/mol. The highest BCUT2D eigenvalue weighted by Crippen LogP contribution is 2.19. The third-order valence-corrected chi connectivity index (χ3v) is 4.59. The molecule has 0 aromatic heterocycles. The highest BCUT2D eigenvalue weighted by Gasteiger charge is 2.34. The zero-order valence-electron chi connectivity index (χ0n) is 15.8. The van der Waals surface area contributed by atoms with E-state index in [1.165, 1.54) is 12.2 Å². The maximum absolute atomic E-state index is 10.1. The Bertz CT molecular complexity index is 786. The molecule has 0 saturated carbocycles. The van der Waals surface area contributed by atoms with Crippen molar-refractivity contribution in [2.45, 2.75) is 38.3 Å². The van der Waals surface area contributed by atoms with E-state index in [0.717, 1.165) is 11.1 Å². The van der Waals surface area contributed by atoms with Crippen LogP contribution in [-0.2, 0) is 0 Å². The molecule has 0 heterocycles. The number of rotatable bonds is 7. The van der Waals surface area contributed by atoms with Crippen molar-refractivity contribution in [1.29, 1.82) is 0 Å². The fraction of sp³-hybridized carbons (Fsp3) is 0.273. The summed E-state index contributed by atoms with van der Waals surface area (Å²) >= 11 is 0. The van der Waals surface area contributed by atoms with Crippen LogP contribution in [-0.4, -0.2) is 55.1 Å². The molecule has 0 spiro atoms. The molecule has 0 radical (unpaired) electrons. The van der Waals surface area contributed by atoms with Crippen molar-refractivity contribution >= 4 is 12.2 Å². The zero-order chi connectivity index (χ0) is 20.8. The molecule has 6 heteroatoms. The van der Waals surface area contributed by atoms with Crippen LogP contribution in [0.1, 0.15) is 22.3 Å². The summed E-state index contributed by atoms with van der Waals surface area (Å²) in [6.45, 7) is 3.63. The topological polar surface area (TPSA) is 121 Å². The van der Waals surface area contributed by atoms with E-state index in [9.17, 15) is 30.6 Å². The number of hydrogen-bond acceptors (Lipinski definition) is 6. The van der Waals surface area contributed by atoms with Crippen LogP contribution in [0.3, 0.4) is 0 Å². The minimum Gasteiger partial charge on any atom is -0.509 e. The maximum Gasteiger partial charge on any atom is 0.139 e. The number of aliphatic hydroxyl groups excluding tert-OH is 6. The van der Waals surface area contributed by atoms with Crippen molar-refractivity contribution in [3.8, 4) is 0 Å². The summed E-state index contributed by atoms with van der Waals surface area (Å²) in [5.41, 5.74) is 2.94. The second-order valence-electron chi connectivity index (χ2n) is 6.72. The van der Waals surface area contributed by atoms with Crippen LogP contribution in [0.25, 0.3) is 12.2 Å². The lowest BCUT2D eigenvalue weighted by Crippen LogP contribution is -2.45. The molecule has 0 fully saturated rings. The SMILES string of the molecule is Cc1ccccc1C=C(O)[C@@H](O)[C@@H](O)[C@H](O)[C@@H](O)C(O)=Cc1ccccc1C. The summed E-state index contributed by atoms with van der Waals surface area (Å²) in [6.07, 6.45) is -5.02. The molecule has 0 unspecified atom stereocenters. The zero-order valence-corrected chi connectivity index (χ0v) is 15.8. The van der Waals surface area contributed by atoms with E-state index in [0.29, 0.717) is 11.1 Å². The molecule has 6 N–H and O–H groups in total. The second-order valence-corrected chi connectivity index (χ2v) is 6.72. The standard InChI is InChI=1S/C22H26O6/c1-13-7-3-5-9-15(13)11-17(23)19(25)21(27)22(28)20(26)18(24)12-16-10-6-4-8-14(16)2/h3-12,19-28H,1-2H3/t19-,20+,21-,22-/m1/s1. The summed E-state index contributed by atoms with van der Waals surface area (Å²) in [6, 6.07) is 14.2. The van der Waals surface area contributed by atoms with E-state index in [2.05, 4.69) is 0 Å². The van der Waals surface area contributed by atoms with Gasteiger partial charge in [0.1, 0.15) is 35.9 Å². The van der Waals surface area contributed by atoms with E-state index in [1.807, 2.05) is 38.1 Å². The van der Waals surface area contributed by atoms with Gasteiger partial charge in [-0.25, -0.2) is 0 Å². The first-order valence-corrected chi connectivity index (χ1v) is 8.87. The molecule has 2 aromatic carbocycles. The van der Waals surface area contributed by atoms with Crippen LogP contribution < -0.4 is 0 Å². The Morgan fingerprint density at radius 2 is 0.964 bits per heavy atom. The molecule has 2 rings (SSSR count). The molecule has 0 aliphatic carbocycles. The van der Waals surface area contributed by atoms with Crippen molar-refractivity contribution < 1.29 is 30.6 Å². The van der Waals surface area contributed by atoms with E-state index < -0.39 is 35.9 Å². The number of aryl methyl sites for hydroxylation is 2. The highest BCUT2D eigenvalue weighted by molar-refractivity contribution is 5.56. The Morgan fingerprint density at radius 1 is 0.643 bits per heavy atom. The second kappa shape index (κ2) is 9.52. The predicted molar refractivity (Wildman–Crippen MR) is 108 cm³/mol. The van der Waals surface area contributed by atoms with Crippen molar-refractivity contribution in [2.24, 2.45) is 0 Å². The fourth-order valence-corrected chi connectivity index (χ4v) is 2.71. The minimum absolute atomic E-state index is 0.574. The Kier molecular flexibility index (Phi) is 7.37. The molecule has 0 saturated heterocycles. The summed E-state index contributed by atoms with van der Waals surface area (Å²) in [5, 5.41) is 60.7. The third kappa shape index (κ3) is 5.21. The minimum atomic E-state index is -1.93. The quantitative estimate of drug-likeness (QED) is 0.406. The van der Waals surface area contributed by atoms with Gasteiger partial charge in [-0.2, -0.15) is 0 Å². The third-order valence-electron chi connectivity index (χ3n) is 4.59. The lowest BCUT2D eigenvalue weighted by atomic mass is 9.98. The van der Waals surface area contributed by atoms with Crippen LogP contribution in [0.4, 0.5) is 0 Å². The molecule has 28 heavy (non-hydrogen) atoms. The van der Waals surface area contributed by atoms with Gasteiger partial charge in [0.15, 0.2) is 0 Å². The van der Waals surface area contributed by atoms with Gasteiger partial charge in [0, 0.05) is 0 Å². The number of benzene rings is 2. The van der Waals surface area contributed by atoms with E-state index >= 15 is 0 Å². The van der Waals surface area contributed by atoms with Gasteiger partial charge < -0.3 is 30.6 Å². The lowest BCUT2D eigenvalue weighted by Gasteiger charge is -2.26. The summed E-state index contributed by atoms with van der Waals surface area (Å²) < 4.78 is 0. The van der Waals surface area contributed by atoms with Gasteiger partial charge in [-0.3, -0.25) is 0 Å². The van der Waals surface area contributed by atoms with Gasteiger partial charge >= 0.3 is 0 Å². The average Bonchev–Trinajstić information content (AvgIpc) is 2.69. The summed E-state index contributed by atoms with van der Waals surface area (Å²) in [5.74, 6) is -1.15. The Morgan fingerprint density at radius 3 is 1.29 bits per heavy atom. The molecule has 150 valence electrons. The van der Waals surface area contributed by atoms with Gasteiger partial charge in [0.05, 0.1) is 0 Å². The molecule has 6 nitrogen and oxygen atoms in total. The van der Waals surface area contributed by atoms with E-state index in [1.54, 1.807) is 24.3 Å². The highest BCUT2D eigenvalue weighted by atomic mass is 16.4. The van der Waals surface area contributed by atoms with E-state index in [-0.39, 0.29) is 0 Å². The molecule has 2 aromatic rings. The number of hydrogen-bond donors (Lipinski definition) is 6. The first-order valence-electron chi connectivity index (χ1n) is 8.87. The van der Waals surface area contributed by atoms with Crippen LogP contribution in [0.2, 0.25) is 0 Å². The first-order chi connectivity index (χ1) is 13.2. The summed E-state index contributed by atoms with van der Waals surface area (Å²) in [7, 11) is 0. The van der Waals surface area contributed by atoms with Gasteiger partial charge in [-0.15, -0.1) is 0 Å². The maximum atomic E-state index is 10.1. The van der Waals surface area contributed by atoms with Crippen LogP contribution in [0, 0.1) is 13.8 Å². The Balaban J connectivity index is 2.14. The smallest absolute Gasteiger partial charge is 0.139 e. The van der Waals surface area contributed by atoms with Crippen molar-refractivity contribution in [2.75, 3.05) is 0 Å². The van der Waals surface area contributed by atoms with Crippen LogP contribution in [0.15, 0.2) is 60.0 Å². The molecule has 0 bridgehead atoms. The molecule has 4 atom stereocenters. The van der Waals surface area contributed by atoms with Gasteiger partial charge in [0.2, 0.25) is 0 Å². The molecule has 0 amide bonds. The normalized spacial score (nSPS) is 17.1. The van der Waals surface area contributed by atoms with Crippen LogP contribution >= 0.6 is 0 Å². The van der Waals surface area contributed by atoms with Crippen molar-refractivity contribution in [3.05, 3.63) is 82.3 Å². The van der Waals surface area contributed by atoms with Crippen molar-refractivity contribution in [3.63, 3.8) is 0 Å². The Hall–Kier alpha value is -2.64. The summed E-state index contributed by atoms with van der Waals surface area (Å²) in [4.78, 5) is 0. The molecule has 0 aliphatic heterocycles. The average molecular weight is 386 g/mol. The molecular weight excluding hydrogens is 360 g/mol. The van der Waals surface area contributed by atoms with Gasteiger partial charge in [0.25, 0.3) is 0 Å². The van der Waals surface area contributed by atoms with Gasteiger partial charge in [-0.1, -0.05) is 48.5 Å². The largest absolute Gasteiger partial charge is 0.509 e. The number of aliphatic hydroxyl groups is 6. The van der Waals surface area contributed by atoms with Crippen molar-refractivity contribution in [1.82, 2.24) is 0 Å². The first kappa shape index (κ1) is 21.7. The van der Waals surface area contributed by atoms with E-state index in [4.69, 9.17) is 0 Å². The van der Waals surface area contributed by atoms with Crippen LogP contribution in [0.5, 0.6) is 0 Å². The lowest BCUT2D eigenvalue weighted by molar-refractivity contribution is -0.0996. The Labute approximate surface area is 164 Å². The van der Waals surface area contributed by atoms with Gasteiger partial charge in [-0.05, 0) is 48.3 Å². The fourth-order valence-electron chi connectivity index (χ4n) is 2.71. The molecule has 0 aliphatic rings.